The van der Waals surface area contributed by atoms with Crippen LogP contribution in [0.5, 0.6) is 0 Å². The summed E-state index contributed by atoms with van der Waals surface area (Å²) in [5.74, 6) is 0. The van der Waals surface area contributed by atoms with Gasteiger partial charge in [-0.05, 0) is 24.6 Å². The molecule has 0 heterocycles. The molecule has 0 radical (unpaired) electrons. The third kappa shape index (κ3) is 3.61. The topological polar surface area (TPSA) is 96.0 Å². The van der Waals surface area contributed by atoms with Crippen molar-refractivity contribution in [2.24, 2.45) is 4.99 Å². The molecule has 0 aliphatic rings. The number of nitrogens with zero attached hydrogens (tertiary/aromatic N) is 2. The lowest BCUT2D eigenvalue weighted by Crippen LogP contribution is -2.31. The van der Waals surface area contributed by atoms with Gasteiger partial charge >= 0.3 is 0 Å². The van der Waals surface area contributed by atoms with Gasteiger partial charge in [-0.1, -0.05) is 0 Å². The molecule has 1 aromatic rings. The van der Waals surface area contributed by atoms with E-state index in [9.17, 15) is 10.1 Å². The highest BCUT2D eigenvalue weighted by Crippen LogP contribution is 2.12. The fourth-order valence-corrected chi connectivity index (χ4v) is 1.04. The number of nitro groups is 1. The molecule has 1 rings (SSSR count). The van der Waals surface area contributed by atoms with Gasteiger partial charge in [0.25, 0.3) is 5.69 Å². The van der Waals surface area contributed by atoms with Crippen LogP contribution in [0.25, 0.3) is 0 Å². The van der Waals surface area contributed by atoms with Crippen LogP contribution in [-0.4, -0.2) is 40.1 Å². The molecule has 0 aliphatic carbocycles. The lowest BCUT2D eigenvalue weighted by molar-refractivity contribution is -0.384. The van der Waals surface area contributed by atoms with Crippen LogP contribution in [0.15, 0.2) is 29.3 Å². The van der Waals surface area contributed by atoms with Crippen LogP contribution in [0.3, 0.4) is 0 Å². The maximum Gasteiger partial charge on any atom is 0.269 e. The van der Waals surface area contributed by atoms with E-state index in [1.165, 1.54) is 18.3 Å². The van der Waals surface area contributed by atoms with Crippen molar-refractivity contribution >= 4 is 11.9 Å². The second-order valence-electron chi connectivity index (χ2n) is 3.92. The van der Waals surface area contributed by atoms with E-state index in [0.29, 0.717) is 5.56 Å². The Labute approximate surface area is 98.4 Å². The predicted octanol–water partition coefficient (Wildman–Crippen LogP) is 0.757. The van der Waals surface area contributed by atoms with Gasteiger partial charge in [0.2, 0.25) is 0 Å². The Bertz CT molecular complexity index is 410. The Morgan fingerprint density at radius 2 is 1.88 bits per heavy atom. The smallest absolute Gasteiger partial charge is 0.269 e. The fourth-order valence-electron chi connectivity index (χ4n) is 1.04. The van der Waals surface area contributed by atoms with Crippen molar-refractivity contribution in [2.45, 2.75) is 12.5 Å². The largest absolute Gasteiger partial charge is 0.394 e. The van der Waals surface area contributed by atoms with E-state index in [-0.39, 0.29) is 18.9 Å². The molecule has 0 fully saturated rings. The Kier molecular flexibility index (Phi) is 4.30. The maximum absolute atomic E-state index is 10.4. The van der Waals surface area contributed by atoms with E-state index in [1.54, 1.807) is 19.1 Å². The van der Waals surface area contributed by atoms with Gasteiger partial charge in [-0.2, -0.15) is 0 Å². The van der Waals surface area contributed by atoms with Gasteiger partial charge in [-0.3, -0.25) is 15.1 Å². The van der Waals surface area contributed by atoms with E-state index in [4.69, 9.17) is 10.2 Å². The molecule has 0 spiro atoms. The normalized spacial score (nSPS) is 11.9. The van der Waals surface area contributed by atoms with Crippen molar-refractivity contribution in [1.82, 2.24) is 0 Å². The first-order valence-corrected chi connectivity index (χ1v) is 5.02. The molecule has 6 nitrogen and oxygen atoms in total. The molecule has 0 amide bonds. The zero-order valence-corrected chi connectivity index (χ0v) is 9.41. The van der Waals surface area contributed by atoms with Crippen LogP contribution < -0.4 is 0 Å². The van der Waals surface area contributed by atoms with Gasteiger partial charge in [-0.15, -0.1) is 0 Å². The summed E-state index contributed by atoms with van der Waals surface area (Å²) in [6, 6.07) is 5.85. The van der Waals surface area contributed by atoms with Crippen LogP contribution in [0.1, 0.15) is 12.5 Å². The summed E-state index contributed by atoms with van der Waals surface area (Å²) in [6.07, 6.45) is 1.47. The number of aliphatic imine (C=N–C) groups is 1. The van der Waals surface area contributed by atoms with Gasteiger partial charge in [0.15, 0.2) is 0 Å². The number of nitro benzene ring substituents is 1. The average molecular weight is 238 g/mol. The maximum atomic E-state index is 10.4. The number of aliphatic hydroxyl groups excluding tert-OH is 2. The summed E-state index contributed by atoms with van der Waals surface area (Å²) in [5, 5.41) is 28.5. The number of rotatable bonds is 5. The minimum atomic E-state index is -0.929. The molecule has 1 aromatic carbocycles. The lowest BCUT2D eigenvalue weighted by atomic mass is 10.1. The molecule has 6 heteroatoms. The van der Waals surface area contributed by atoms with Crippen LogP contribution in [0.2, 0.25) is 0 Å². The molecule has 0 unspecified atom stereocenters. The SMILES string of the molecule is CC(CO)(CO)N=Cc1ccc([N+](=O)[O-])cc1. The second kappa shape index (κ2) is 5.51. The Morgan fingerprint density at radius 1 is 1.35 bits per heavy atom. The van der Waals surface area contributed by atoms with E-state index < -0.39 is 10.5 Å². The van der Waals surface area contributed by atoms with Crippen LogP contribution in [0, 0.1) is 10.1 Å². The molecule has 92 valence electrons. The van der Waals surface area contributed by atoms with E-state index >= 15 is 0 Å². The fraction of sp³-hybridized carbons (Fsp3) is 0.364. The summed E-state index contributed by atoms with van der Waals surface area (Å²) in [5.41, 5.74) is -0.250. The summed E-state index contributed by atoms with van der Waals surface area (Å²) in [7, 11) is 0. The van der Waals surface area contributed by atoms with Crippen molar-refractivity contribution in [3.63, 3.8) is 0 Å². The highest BCUT2D eigenvalue weighted by atomic mass is 16.6. The molecule has 0 saturated carbocycles. The predicted molar refractivity (Wildman–Crippen MR) is 63.3 cm³/mol. The van der Waals surface area contributed by atoms with Crippen LogP contribution >= 0.6 is 0 Å². The standard InChI is InChI=1S/C11H14N2O4/c1-11(7-14,8-15)12-6-9-2-4-10(5-3-9)13(16)17/h2-6,14-15H,7-8H2,1H3. The van der Waals surface area contributed by atoms with Gasteiger partial charge < -0.3 is 10.2 Å². The zero-order valence-electron chi connectivity index (χ0n) is 9.41. The monoisotopic (exact) mass is 238 g/mol. The first kappa shape index (κ1) is 13.3. The molecule has 0 bridgehead atoms. The molecular weight excluding hydrogens is 224 g/mol. The summed E-state index contributed by atoms with van der Waals surface area (Å²) in [6.45, 7) is 1.06. The van der Waals surface area contributed by atoms with Crippen molar-refractivity contribution in [1.29, 1.82) is 0 Å². The third-order valence-corrected chi connectivity index (χ3v) is 2.31. The van der Waals surface area contributed by atoms with Gasteiger partial charge in [0, 0.05) is 18.3 Å². The first-order valence-electron chi connectivity index (χ1n) is 5.02. The third-order valence-electron chi connectivity index (χ3n) is 2.31. The summed E-state index contributed by atoms with van der Waals surface area (Å²) >= 11 is 0. The van der Waals surface area contributed by atoms with Gasteiger partial charge in [0.05, 0.1) is 18.1 Å². The van der Waals surface area contributed by atoms with Crippen LogP contribution in [0.4, 0.5) is 5.69 Å². The Balaban J connectivity index is 2.82. The molecule has 0 saturated heterocycles. The zero-order chi connectivity index (χ0) is 12.9. The Hall–Kier alpha value is -1.79. The van der Waals surface area contributed by atoms with Gasteiger partial charge in [0.1, 0.15) is 5.54 Å². The number of hydrogen-bond donors (Lipinski definition) is 2. The van der Waals surface area contributed by atoms with Crippen molar-refractivity contribution < 1.29 is 15.1 Å². The Morgan fingerprint density at radius 3 is 2.29 bits per heavy atom. The summed E-state index contributed by atoms with van der Waals surface area (Å²) < 4.78 is 0. The molecular formula is C11H14N2O4. The molecule has 0 atom stereocenters. The highest BCUT2D eigenvalue weighted by molar-refractivity contribution is 5.80. The molecule has 17 heavy (non-hydrogen) atoms. The van der Waals surface area contributed by atoms with Crippen molar-refractivity contribution in [3.8, 4) is 0 Å². The minimum Gasteiger partial charge on any atom is -0.394 e. The average Bonchev–Trinajstić information content (AvgIpc) is 2.36. The quantitative estimate of drug-likeness (QED) is 0.449. The number of benzene rings is 1. The summed E-state index contributed by atoms with van der Waals surface area (Å²) in [4.78, 5) is 14.0. The van der Waals surface area contributed by atoms with E-state index in [2.05, 4.69) is 4.99 Å². The van der Waals surface area contributed by atoms with Crippen LogP contribution in [-0.2, 0) is 0 Å². The van der Waals surface area contributed by atoms with Crippen molar-refractivity contribution in [3.05, 3.63) is 39.9 Å². The minimum absolute atomic E-state index is 0.00854. The van der Waals surface area contributed by atoms with E-state index in [1.807, 2.05) is 0 Å². The number of aliphatic hydroxyl groups is 2. The molecule has 2 N–H and O–H groups in total. The highest BCUT2D eigenvalue weighted by Gasteiger charge is 2.19. The molecule has 0 aliphatic heterocycles. The number of hydrogen-bond acceptors (Lipinski definition) is 5. The second-order valence-corrected chi connectivity index (χ2v) is 3.92. The molecule has 0 aromatic heterocycles. The first-order chi connectivity index (χ1) is 8.00. The number of non-ortho nitro benzene ring substituents is 1. The van der Waals surface area contributed by atoms with E-state index in [0.717, 1.165) is 0 Å². The lowest BCUT2D eigenvalue weighted by Gasteiger charge is -2.18. The van der Waals surface area contributed by atoms with Gasteiger partial charge in [-0.25, -0.2) is 0 Å². The van der Waals surface area contributed by atoms with Crippen molar-refractivity contribution in [2.75, 3.05) is 13.2 Å².